The van der Waals surface area contributed by atoms with E-state index in [9.17, 15) is 18.1 Å². The number of aryl methyl sites for hydroxylation is 3. The molecule has 0 aliphatic heterocycles. The van der Waals surface area contributed by atoms with Gasteiger partial charge in [-0.15, -0.1) is 5.11 Å². The lowest BCUT2D eigenvalue weighted by Crippen LogP contribution is -2.04. The van der Waals surface area contributed by atoms with E-state index in [1.54, 1.807) is 13.0 Å². The molecule has 4 aromatic rings. The van der Waals surface area contributed by atoms with Crippen molar-refractivity contribution in [1.29, 1.82) is 0 Å². The number of azo groups is 1. The van der Waals surface area contributed by atoms with Gasteiger partial charge < -0.3 is 5.11 Å². The number of benzene rings is 4. The first kappa shape index (κ1) is 27.0. The summed E-state index contributed by atoms with van der Waals surface area (Å²) in [5, 5.41) is 21.4. The molecule has 6 nitrogen and oxygen atoms in total. The zero-order valence-corrected chi connectivity index (χ0v) is 23.4. The number of phenols is 1. The van der Waals surface area contributed by atoms with Crippen molar-refractivity contribution in [2.45, 2.75) is 70.1 Å². The largest absolute Gasteiger partial charge is 0.505 e. The summed E-state index contributed by atoms with van der Waals surface area (Å²) in [5.41, 5.74) is 6.76. The maximum absolute atomic E-state index is 12.0. The Labute approximate surface area is 230 Å². The van der Waals surface area contributed by atoms with E-state index in [1.807, 2.05) is 44.2 Å². The predicted molar refractivity (Wildman–Crippen MR) is 155 cm³/mol. The molecule has 0 saturated heterocycles. The predicted octanol–water partition coefficient (Wildman–Crippen LogP) is 8.77. The standard InChI is InChI=1S/C32H34N2O4S/c1-20-9-11-23(12-10-20)17-27-19-28(39(36,37)38)18-26-16-22(3)31(32(35)30(26)27)34-33-29-14-13-25(15-21(29)2)24-7-5-4-6-8-24/h9-16,18-19,24,35H,4-8,17H2,1-3H3,(H,36,37,38). The summed E-state index contributed by atoms with van der Waals surface area (Å²) in [5.74, 6) is 0.545. The minimum Gasteiger partial charge on any atom is -0.505 e. The van der Waals surface area contributed by atoms with Crippen LogP contribution in [0.25, 0.3) is 10.8 Å². The second kappa shape index (κ2) is 10.9. The molecule has 39 heavy (non-hydrogen) atoms. The topological polar surface area (TPSA) is 99.3 Å². The number of rotatable bonds is 6. The molecule has 0 radical (unpaired) electrons. The van der Waals surface area contributed by atoms with Crippen LogP contribution in [0.2, 0.25) is 0 Å². The molecule has 2 N–H and O–H groups in total. The monoisotopic (exact) mass is 542 g/mol. The van der Waals surface area contributed by atoms with Crippen LogP contribution < -0.4 is 0 Å². The van der Waals surface area contributed by atoms with Gasteiger partial charge in [0.1, 0.15) is 5.69 Å². The average Bonchev–Trinajstić information content (AvgIpc) is 2.90. The fourth-order valence-corrected chi connectivity index (χ4v) is 6.20. The van der Waals surface area contributed by atoms with Gasteiger partial charge >= 0.3 is 0 Å². The van der Waals surface area contributed by atoms with E-state index in [0.29, 0.717) is 39.9 Å². The molecule has 0 spiro atoms. The molecule has 0 heterocycles. The van der Waals surface area contributed by atoms with E-state index in [1.165, 1.54) is 49.8 Å². The second-order valence-electron chi connectivity index (χ2n) is 10.8. The van der Waals surface area contributed by atoms with E-state index >= 15 is 0 Å². The van der Waals surface area contributed by atoms with Crippen molar-refractivity contribution in [2.75, 3.05) is 0 Å². The van der Waals surface area contributed by atoms with Crippen molar-refractivity contribution < 1.29 is 18.1 Å². The zero-order chi connectivity index (χ0) is 27.7. The van der Waals surface area contributed by atoms with Gasteiger partial charge in [-0.25, -0.2) is 0 Å². The van der Waals surface area contributed by atoms with Crippen LogP contribution in [0.4, 0.5) is 11.4 Å². The summed E-state index contributed by atoms with van der Waals surface area (Å²) in [4.78, 5) is -0.209. The molecule has 1 aliphatic carbocycles. The van der Waals surface area contributed by atoms with Crippen LogP contribution in [0.1, 0.15) is 71.4 Å². The maximum atomic E-state index is 12.0. The van der Waals surface area contributed by atoms with Crippen molar-refractivity contribution in [2.24, 2.45) is 10.2 Å². The van der Waals surface area contributed by atoms with Crippen LogP contribution in [0.15, 0.2) is 75.8 Å². The van der Waals surface area contributed by atoms with E-state index in [-0.39, 0.29) is 10.6 Å². The smallest absolute Gasteiger partial charge is 0.294 e. The first-order valence-corrected chi connectivity index (χ1v) is 14.9. The van der Waals surface area contributed by atoms with Crippen LogP contribution in [-0.4, -0.2) is 18.1 Å². The molecule has 1 aliphatic rings. The SMILES string of the molecule is Cc1ccc(Cc2cc(S(=O)(=O)O)cc3cc(C)c(N=Nc4ccc(C5CCCCC5)cc4C)c(O)c23)cc1. The van der Waals surface area contributed by atoms with Crippen LogP contribution in [0.3, 0.4) is 0 Å². The fraction of sp³-hybridized carbons (Fsp3) is 0.312. The van der Waals surface area contributed by atoms with Gasteiger partial charge in [-0.3, -0.25) is 4.55 Å². The summed E-state index contributed by atoms with van der Waals surface area (Å²) in [7, 11) is -4.44. The summed E-state index contributed by atoms with van der Waals surface area (Å²) >= 11 is 0. The van der Waals surface area contributed by atoms with Gasteiger partial charge in [0, 0.05) is 5.39 Å². The number of phenolic OH excluding ortho intramolecular Hbond substituents is 1. The Morgan fingerprint density at radius 3 is 2.23 bits per heavy atom. The summed E-state index contributed by atoms with van der Waals surface area (Å²) in [6.07, 6.45) is 6.71. The third-order valence-electron chi connectivity index (χ3n) is 7.80. The number of hydrogen-bond donors (Lipinski definition) is 2. The molecular weight excluding hydrogens is 508 g/mol. The van der Waals surface area contributed by atoms with E-state index in [2.05, 4.69) is 22.4 Å². The summed E-state index contributed by atoms with van der Waals surface area (Å²) in [6.45, 7) is 5.83. The average molecular weight is 543 g/mol. The second-order valence-corrected chi connectivity index (χ2v) is 12.2. The highest BCUT2D eigenvalue weighted by Gasteiger charge is 2.20. The zero-order valence-electron chi connectivity index (χ0n) is 22.6. The Balaban J connectivity index is 1.56. The molecule has 7 heteroatoms. The maximum Gasteiger partial charge on any atom is 0.294 e. The van der Waals surface area contributed by atoms with Crippen molar-refractivity contribution in [3.8, 4) is 5.75 Å². The van der Waals surface area contributed by atoms with Gasteiger partial charge in [-0.1, -0.05) is 61.2 Å². The highest BCUT2D eigenvalue weighted by molar-refractivity contribution is 7.85. The Morgan fingerprint density at radius 1 is 0.846 bits per heavy atom. The molecule has 0 aromatic heterocycles. The Bertz CT molecular complexity index is 1670. The Kier molecular flexibility index (Phi) is 7.56. The van der Waals surface area contributed by atoms with Crippen molar-refractivity contribution >= 4 is 32.3 Å². The van der Waals surface area contributed by atoms with Gasteiger partial charge in [0.25, 0.3) is 10.1 Å². The van der Waals surface area contributed by atoms with Crippen LogP contribution in [-0.2, 0) is 16.5 Å². The highest BCUT2D eigenvalue weighted by atomic mass is 32.2. The third-order valence-corrected chi connectivity index (χ3v) is 8.63. The molecule has 4 aromatic carbocycles. The Hall–Kier alpha value is -3.55. The molecule has 0 amide bonds. The number of aromatic hydroxyl groups is 1. The van der Waals surface area contributed by atoms with E-state index in [4.69, 9.17) is 0 Å². The molecule has 0 bridgehead atoms. The van der Waals surface area contributed by atoms with E-state index < -0.39 is 10.1 Å². The number of hydrogen-bond acceptors (Lipinski definition) is 5. The van der Waals surface area contributed by atoms with Gasteiger partial charge in [-0.05, 0) is 103 Å². The van der Waals surface area contributed by atoms with Gasteiger partial charge in [-0.2, -0.15) is 13.5 Å². The molecule has 1 fully saturated rings. The van der Waals surface area contributed by atoms with Crippen LogP contribution in [0, 0.1) is 20.8 Å². The van der Waals surface area contributed by atoms with Crippen LogP contribution in [0.5, 0.6) is 5.75 Å². The fourth-order valence-electron chi connectivity index (χ4n) is 5.63. The van der Waals surface area contributed by atoms with Crippen molar-refractivity contribution in [3.05, 3.63) is 94.0 Å². The first-order chi connectivity index (χ1) is 18.6. The van der Waals surface area contributed by atoms with Gasteiger partial charge in [0.05, 0.1) is 10.6 Å². The molecule has 0 unspecified atom stereocenters. The number of nitrogens with zero attached hydrogens (tertiary/aromatic N) is 2. The van der Waals surface area contributed by atoms with Crippen molar-refractivity contribution in [1.82, 2.24) is 0 Å². The third kappa shape index (κ3) is 5.89. The minimum absolute atomic E-state index is 0.0609. The van der Waals surface area contributed by atoms with Crippen LogP contribution >= 0.6 is 0 Å². The molecule has 5 rings (SSSR count). The molecule has 202 valence electrons. The lowest BCUT2D eigenvalue weighted by atomic mass is 9.83. The van der Waals surface area contributed by atoms with Gasteiger partial charge in [0.2, 0.25) is 0 Å². The summed E-state index contributed by atoms with van der Waals surface area (Å²) < 4.78 is 33.9. The molecule has 1 saturated carbocycles. The Morgan fingerprint density at radius 2 is 1.56 bits per heavy atom. The lowest BCUT2D eigenvalue weighted by molar-refractivity contribution is 0.443. The highest BCUT2D eigenvalue weighted by Crippen LogP contribution is 2.42. The lowest BCUT2D eigenvalue weighted by Gasteiger charge is -2.22. The quantitative estimate of drug-likeness (QED) is 0.188. The minimum atomic E-state index is -4.44. The number of fused-ring (bicyclic) bond motifs is 1. The normalized spacial score (nSPS) is 14.9. The van der Waals surface area contributed by atoms with E-state index in [0.717, 1.165) is 22.4 Å². The molecule has 0 atom stereocenters. The van der Waals surface area contributed by atoms with Gasteiger partial charge in [0.15, 0.2) is 5.75 Å². The summed E-state index contributed by atoms with van der Waals surface area (Å²) in [6, 6.07) is 18.8. The first-order valence-electron chi connectivity index (χ1n) is 13.4. The molecular formula is C32H34N2O4S. The van der Waals surface area contributed by atoms with Crippen molar-refractivity contribution in [3.63, 3.8) is 0 Å².